The van der Waals surface area contributed by atoms with Gasteiger partial charge in [0.15, 0.2) is 5.76 Å². The second-order valence-corrected chi connectivity index (χ2v) is 8.06. The molecule has 0 aromatic carbocycles. The quantitative estimate of drug-likeness (QED) is 0.831. The molecule has 1 aromatic heterocycles. The average molecular weight is 332 g/mol. The van der Waals surface area contributed by atoms with Crippen molar-refractivity contribution in [2.45, 2.75) is 26.2 Å². The Morgan fingerprint density at radius 2 is 2.25 bits per heavy atom. The van der Waals surface area contributed by atoms with Crippen molar-refractivity contribution in [3.63, 3.8) is 0 Å². The zero-order valence-corrected chi connectivity index (χ0v) is 14.8. The molecule has 4 rings (SSSR count). The highest BCUT2D eigenvalue weighted by atomic mass is 16.5. The van der Waals surface area contributed by atoms with Crippen molar-refractivity contribution in [3.05, 3.63) is 23.7 Å². The fourth-order valence-electron chi connectivity index (χ4n) is 4.65. The van der Waals surface area contributed by atoms with Gasteiger partial charge in [-0.2, -0.15) is 0 Å². The van der Waals surface area contributed by atoms with Gasteiger partial charge >= 0.3 is 0 Å². The molecule has 5 heteroatoms. The first-order valence-corrected chi connectivity index (χ1v) is 9.16. The van der Waals surface area contributed by atoms with E-state index in [1.165, 1.54) is 19.4 Å². The van der Waals surface area contributed by atoms with E-state index in [0.29, 0.717) is 11.7 Å². The minimum Gasteiger partial charge on any atom is -0.459 e. The molecular formula is C19H28N2O3. The highest BCUT2D eigenvalue weighted by Gasteiger charge is 2.51. The molecule has 0 radical (unpaired) electrons. The first kappa shape index (κ1) is 16.2. The lowest BCUT2D eigenvalue weighted by molar-refractivity contribution is 0.0688. The number of amides is 1. The number of likely N-dealkylation sites (tertiary alicyclic amines) is 2. The predicted molar refractivity (Wildman–Crippen MR) is 90.9 cm³/mol. The predicted octanol–water partition coefficient (Wildman–Crippen LogP) is 2.41. The minimum atomic E-state index is 0.0474. The summed E-state index contributed by atoms with van der Waals surface area (Å²) < 4.78 is 10.9. The molecule has 1 aliphatic carbocycles. The van der Waals surface area contributed by atoms with Crippen LogP contribution in [0.2, 0.25) is 0 Å². The Balaban J connectivity index is 1.47. The van der Waals surface area contributed by atoms with Crippen LogP contribution >= 0.6 is 0 Å². The van der Waals surface area contributed by atoms with E-state index >= 15 is 0 Å². The van der Waals surface area contributed by atoms with Crippen LogP contribution in [0, 0.1) is 24.2 Å². The Kier molecular flexibility index (Phi) is 4.17. The summed E-state index contributed by atoms with van der Waals surface area (Å²) in [4.78, 5) is 17.4. The highest BCUT2D eigenvalue weighted by molar-refractivity contribution is 5.93. The van der Waals surface area contributed by atoms with E-state index in [1.807, 2.05) is 17.9 Å². The molecule has 5 nitrogen and oxygen atoms in total. The molecule has 24 heavy (non-hydrogen) atoms. The summed E-state index contributed by atoms with van der Waals surface area (Å²) >= 11 is 0. The number of hydrogen-bond acceptors (Lipinski definition) is 4. The number of hydrogen-bond donors (Lipinski definition) is 0. The summed E-state index contributed by atoms with van der Waals surface area (Å²) in [7, 11) is 1.79. The summed E-state index contributed by atoms with van der Waals surface area (Å²) in [5.41, 5.74) is 1.12. The molecule has 3 aliphatic rings. The van der Waals surface area contributed by atoms with Crippen LogP contribution < -0.4 is 0 Å². The zero-order chi connectivity index (χ0) is 16.7. The van der Waals surface area contributed by atoms with E-state index in [-0.39, 0.29) is 11.3 Å². The lowest BCUT2D eigenvalue weighted by Gasteiger charge is -2.30. The maximum Gasteiger partial charge on any atom is 0.289 e. The first-order valence-electron chi connectivity index (χ1n) is 9.16. The fraction of sp³-hybridized carbons (Fsp3) is 0.737. The van der Waals surface area contributed by atoms with Crippen LogP contribution in [-0.2, 0) is 4.74 Å². The van der Waals surface area contributed by atoms with Crippen LogP contribution in [0.1, 0.15) is 35.4 Å². The van der Waals surface area contributed by atoms with Crippen molar-refractivity contribution < 1.29 is 13.9 Å². The average Bonchev–Trinajstić information content (AvgIpc) is 2.97. The summed E-state index contributed by atoms with van der Waals surface area (Å²) in [6.07, 6.45) is 5.46. The van der Waals surface area contributed by atoms with Gasteiger partial charge in [0.25, 0.3) is 5.91 Å². The minimum absolute atomic E-state index is 0.0474. The van der Waals surface area contributed by atoms with Gasteiger partial charge in [-0.25, -0.2) is 0 Å². The molecule has 2 atom stereocenters. The summed E-state index contributed by atoms with van der Waals surface area (Å²) in [6.45, 7) is 7.85. The molecule has 0 unspecified atom stereocenters. The van der Waals surface area contributed by atoms with Gasteiger partial charge in [0.05, 0.1) is 12.9 Å². The number of ether oxygens (including phenoxy) is 1. The SMILES string of the molecule is COC[C@H]1CN(CC2CC2)C[C@@]12CCN(C(=O)c1occc1C)C2. The number of methoxy groups -OCH3 is 1. The van der Waals surface area contributed by atoms with Crippen molar-refractivity contribution in [1.82, 2.24) is 9.80 Å². The number of carbonyl (C=O) groups is 1. The Morgan fingerprint density at radius 1 is 1.42 bits per heavy atom. The first-order chi connectivity index (χ1) is 11.6. The topological polar surface area (TPSA) is 45.9 Å². The molecule has 2 aliphatic heterocycles. The molecule has 1 aromatic rings. The third kappa shape index (κ3) is 2.88. The molecule has 0 N–H and O–H groups in total. The van der Waals surface area contributed by atoms with E-state index < -0.39 is 0 Å². The molecule has 132 valence electrons. The maximum atomic E-state index is 12.8. The highest BCUT2D eigenvalue weighted by Crippen LogP contribution is 2.45. The van der Waals surface area contributed by atoms with Crippen molar-refractivity contribution in [2.75, 3.05) is 46.4 Å². The largest absolute Gasteiger partial charge is 0.459 e. The van der Waals surface area contributed by atoms with Crippen LogP contribution in [0.25, 0.3) is 0 Å². The maximum absolute atomic E-state index is 12.8. The lowest BCUT2D eigenvalue weighted by Crippen LogP contribution is -2.38. The molecule has 3 fully saturated rings. The van der Waals surface area contributed by atoms with Crippen LogP contribution in [0.5, 0.6) is 0 Å². The standard InChI is InChI=1S/C19H28N2O3/c1-14-5-8-24-17(14)18(22)21-7-6-19(13-21)12-20(9-15-3-4-15)10-16(19)11-23-2/h5,8,15-16H,3-4,6-7,9-13H2,1-2H3/t16-,19-/m1/s1. The van der Waals surface area contributed by atoms with E-state index in [0.717, 1.165) is 50.7 Å². The fourth-order valence-corrected chi connectivity index (χ4v) is 4.65. The number of furan rings is 1. The monoisotopic (exact) mass is 332 g/mol. The van der Waals surface area contributed by atoms with Gasteiger partial charge in [-0.05, 0) is 38.2 Å². The van der Waals surface area contributed by atoms with E-state index in [2.05, 4.69) is 4.90 Å². The van der Waals surface area contributed by atoms with E-state index in [9.17, 15) is 4.79 Å². The van der Waals surface area contributed by atoms with Gasteiger partial charge in [0.2, 0.25) is 0 Å². The van der Waals surface area contributed by atoms with E-state index in [4.69, 9.17) is 9.15 Å². The number of aryl methyl sites for hydroxylation is 1. The number of rotatable bonds is 5. The Bertz CT molecular complexity index is 610. The second kappa shape index (κ2) is 6.19. The summed E-state index contributed by atoms with van der Waals surface area (Å²) in [5.74, 6) is 1.99. The molecule has 1 saturated carbocycles. The lowest BCUT2D eigenvalue weighted by atomic mass is 9.77. The molecule has 2 saturated heterocycles. The van der Waals surface area contributed by atoms with Gasteiger partial charge < -0.3 is 19.0 Å². The second-order valence-electron chi connectivity index (χ2n) is 8.06. The van der Waals surface area contributed by atoms with Crippen LogP contribution in [0.15, 0.2) is 16.7 Å². The van der Waals surface area contributed by atoms with Crippen molar-refractivity contribution in [3.8, 4) is 0 Å². The third-order valence-corrected chi connectivity index (χ3v) is 6.19. The van der Waals surface area contributed by atoms with Gasteiger partial charge in [-0.1, -0.05) is 0 Å². The molecular weight excluding hydrogens is 304 g/mol. The van der Waals surface area contributed by atoms with Gasteiger partial charge in [0.1, 0.15) is 0 Å². The number of nitrogens with zero attached hydrogens (tertiary/aromatic N) is 2. The Hall–Kier alpha value is -1.33. The van der Waals surface area contributed by atoms with Gasteiger partial charge in [-0.3, -0.25) is 4.79 Å². The summed E-state index contributed by atoms with van der Waals surface area (Å²) in [5, 5.41) is 0. The van der Waals surface area contributed by atoms with Crippen molar-refractivity contribution in [2.24, 2.45) is 17.3 Å². The molecule has 1 amide bonds. The molecule has 1 spiro atoms. The Labute approximate surface area is 143 Å². The number of carbonyl (C=O) groups excluding carboxylic acids is 1. The Morgan fingerprint density at radius 3 is 2.92 bits per heavy atom. The summed E-state index contributed by atoms with van der Waals surface area (Å²) in [6, 6.07) is 1.86. The molecule has 0 bridgehead atoms. The zero-order valence-electron chi connectivity index (χ0n) is 14.8. The van der Waals surface area contributed by atoms with Crippen molar-refractivity contribution >= 4 is 5.91 Å². The third-order valence-electron chi connectivity index (χ3n) is 6.19. The van der Waals surface area contributed by atoms with Gasteiger partial charge in [-0.15, -0.1) is 0 Å². The van der Waals surface area contributed by atoms with E-state index in [1.54, 1.807) is 13.4 Å². The van der Waals surface area contributed by atoms with Gasteiger partial charge in [0, 0.05) is 56.7 Å². The van der Waals surface area contributed by atoms with Crippen LogP contribution in [0.4, 0.5) is 0 Å². The van der Waals surface area contributed by atoms with Crippen molar-refractivity contribution in [1.29, 1.82) is 0 Å². The van der Waals surface area contributed by atoms with Crippen LogP contribution in [0.3, 0.4) is 0 Å². The van der Waals surface area contributed by atoms with Crippen LogP contribution in [-0.4, -0.2) is 62.1 Å². The normalized spacial score (nSPS) is 30.6. The molecule has 3 heterocycles. The smallest absolute Gasteiger partial charge is 0.289 e.